The van der Waals surface area contributed by atoms with Gasteiger partial charge in [-0.15, -0.1) is 0 Å². The lowest BCUT2D eigenvalue weighted by Gasteiger charge is -2.12. The van der Waals surface area contributed by atoms with Gasteiger partial charge in [0.1, 0.15) is 18.9 Å². The summed E-state index contributed by atoms with van der Waals surface area (Å²) in [6.07, 6.45) is 3.57. The highest BCUT2D eigenvalue weighted by Crippen LogP contribution is 2.06. The third-order valence-corrected chi connectivity index (χ3v) is 2.73. The number of cyclic esters (lactones) is 1. The van der Waals surface area contributed by atoms with Gasteiger partial charge in [0.05, 0.1) is 19.3 Å². The molecule has 0 saturated carbocycles. The van der Waals surface area contributed by atoms with Crippen LogP contribution in [-0.4, -0.2) is 54.7 Å². The molecule has 1 fully saturated rings. The predicted molar refractivity (Wildman–Crippen MR) is 70.3 cm³/mol. The number of carbonyl (C=O) groups is 2. The van der Waals surface area contributed by atoms with Gasteiger partial charge in [-0.1, -0.05) is 0 Å². The fraction of sp³-hybridized carbons (Fsp3) is 0.462. The SMILES string of the molecule is O=C(CN1CCOC1=O)NCCCOc1cccnc1. The maximum atomic E-state index is 11.6. The molecular formula is C13H17N3O4. The summed E-state index contributed by atoms with van der Waals surface area (Å²) in [6, 6.07) is 3.62. The molecule has 20 heavy (non-hydrogen) atoms. The molecule has 108 valence electrons. The van der Waals surface area contributed by atoms with E-state index in [2.05, 4.69) is 10.3 Å². The minimum Gasteiger partial charge on any atom is -0.492 e. The Balaban J connectivity index is 1.54. The molecule has 2 amide bonds. The Kier molecular flexibility index (Phi) is 5.16. The van der Waals surface area contributed by atoms with Crippen LogP contribution in [0.25, 0.3) is 0 Å². The molecule has 2 heterocycles. The number of amides is 2. The fourth-order valence-corrected chi connectivity index (χ4v) is 1.72. The van der Waals surface area contributed by atoms with Gasteiger partial charge in [0.25, 0.3) is 0 Å². The Hall–Kier alpha value is -2.31. The van der Waals surface area contributed by atoms with Crippen LogP contribution in [-0.2, 0) is 9.53 Å². The van der Waals surface area contributed by atoms with Crippen LogP contribution in [0.4, 0.5) is 4.79 Å². The van der Waals surface area contributed by atoms with Crippen molar-refractivity contribution in [3.63, 3.8) is 0 Å². The van der Waals surface area contributed by atoms with E-state index in [-0.39, 0.29) is 12.5 Å². The molecule has 0 bridgehead atoms. The van der Waals surface area contributed by atoms with Crippen molar-refractivity contribution in [1.82, 2.24) is 15.2 Å². The first-order valence-corrected chi connectivity index (χ1v) is 6.47. The zero-order valence-corrected chi connectivity index (χ0v) is 11.1. The van der Waals surface area contributed by atoms with Gasteiger partial charge in [-0.3, -0.25) is 14.7 Å². The van der Waals surface area contributed by atoms with E-state index in [1.165, 1.54) is 4.90 Å². The van der Waals surface area contributed by atoms with Crippen molar-refractivity contribution in [3.8, 4) is 5.75 Å². The van der Waals surface area contributed by atoms with Gasteiger partial charge in [0, 0.05) is 12.7 Å². The maximum absolute atomic E-state index is 11.6. The highest BCUT2D eigenvalue weighted by atomic mass is 16.6. The number of hydrogen-bond donors (Lipinski definition) is 1. The molecule has 0 aliphatic carbocycles. The Morgan fingerprint density at radius 1 is 1.55 bits per heavy atom. The molecule has 0 atom stereocenters. The van der Waals surface area contributed by atoms with Crippen molar-refractivity contribution in [3.05, 3.63) is 24.5 Å². The quantitative estimate of drug-likeness (QED) is 0.732. The van der Waals surface area contributed by atoms with Gasteiger partial charge < -0.3 is 14.8 Å². The van der Waals surface area contributed by atoms with Crippen molar-refractivity contribution in [2.75, 3.05) is 32.8 Å². The van der Waals surface area contributed by atoms with E-state index in [4.69, 9.17) is 9.47 Å². The van der Waals surface area contributed by atoms with Crippen LogP contribution in [0.3, 0.4) is 0 Å². The van der Waals surface area contributed by atoms with Crippen LogP contribution in [0.5, 0.6) is 5.75 Å². The topological polar surface area (TPSA) is 80.8 Å². The summed E-state index contributed by atoms with van der Waals surface area (Å²) < 4.78 is 10.2. The van der Waals surface area contributed by atoms with Crippen molar-refractivity contribution in [1.29, 1.82) is 0 Å². The molecular weight excluding hydrogens is 262 g/mol. The van der Waals surface area contributed by atoms with Crippen molar-refractivity contribution in [2.24, 2.45) is 0 Å². The standard InChI is InChI=1S/C13H17N3O4/c17-12(10-16-6-8-20-13(16)18)15-5-2-7-19-11-3-1-4-14-9-11/h1,3-4,9H,2,5-8,10H2,(H,15,17). The second kappa shape index (κ2) is 7.32. The van der Waals surface area contributed by atoms with Gasteiger partial charge in [-0.2, -0.15) is 0 Å². The molecule has 7 heteroatoms. The van der Waals surface area contributed by atoms with E-state index in [1.807, 2.05) is 6.07 Å². The van der Waals surface area contributed by atoms with E-state index >= 15 is 0 Å². The minimum atomic E-state index is -0.430. The van der Waals surface area contributed by atoms with Gasteiger partial charge in [-0.05, 0) is 18.6 Å². The first-order chi connectivity index (χ1) is 9.75. The Morgan fingerprint density at radius 2 is 2.45 bits per heavy atom. The summed E-state index contributed by atoms with van der Waals surface area (Å²) in [6.45, 7) is 1.86. The van der Waals surface area contributed by atoms with E-state index < -0.39 is 6.09 Å². The number of hydrogen-bond acceptors (Lipinski definition) is 5. The maximum Gasteiger partial charge on any atom is 0.410 e. The molecule has 2 rings (SSSR count). The molecule has 0 spiro atoms. The largest absolute Gasteiger partial charge is 0.492 e. The van der Waals surface area contributed by atoms with Crippen molar-refractivity contribution >= 4 is 12.0 Å². The number of pyridine rings is 1. The lowest BCUT2D eigenvalue weighted by molar-refractivity contribution is -0.121. The average molecular weight is 279 g/mol. The normalized spacial score (nSPS) is 14.0. The third-order valence-electron chi connectivity index (χ3n) is 2.73. The lowest BCUT2D eigenvalue weighted by Crippen LogP contribution is -2.38. The minimum absolute atomic E-state index is 0.0439. The fourth-order valence-electron chi connectivity index (χ4n) is 1.72. The van der Waals surface area contributed by atoms with Gasteiger partial charge in [0.2, 0.25) is 5.91 Å². The van der Waals surface area contributed by atoms with Gasteiger partial charge in [0.15, 0.2) is 0 Å². The summed E-state index contributed by atoms with van der Waals surface area (Å²) in [7, 11) is 0. The van der Waals surface area contributed by atoms with Crippen LogP contribution < -0.4 is 10.1 Å². The molecule has 0 unspecified atom stereocenters. The van der Waals surface area contributed by atoms with Crippen LogP contribution in [0.1, 0.15) is 6.42 Å². The number of rotatable bonds is 7. The number of nitrogens with one attached hydrogen (secondary N) is 1. The molecule has 1 N–H and O–H groups in total. The van der Waals surface area contributed by atoms with Gasteiger partial charge >= 0.3 is 6.09 Å². The average Bonchev–Trinajstić information content (AvgIpc) is 2.85. The van der Waals surface area contributed by atoms with E-state index in [0.29, 0.717) is 38.5 Å². The first kappa shape index (κ1) is 14.1. The summed E-state index contributed by atoms with van der Waals surface area (Å²) in [5.74, 6) is 0.517. The third kappa shape index (κ3) is 4.42. The molecule has 1 aromatic heterocycles. The summed E-state index contributed by atoms with van der Waals surface area (Å²) in [5.41, 5.74) is 0. The second-order valence-corrected chi connectivity index (χ2v) is 4.28. The Bertz CT molecular complexity index is 452. The van der Waals surface area contributed by atoms with E-state index in [9.17, 15) is 9.59 Å². The monoisotopic (exact) mass is 279 g/mol. The number of carbonyl (C=O) groups excluding carboxylic acids is 2. The molecule has 0 aromatic carbocycles. The highest BCUT2D eigenvalue weighted by Gasteiger charge is 2.23. The summed E-state index contributed by atoms with van der Waals surface area (Å²) >= 11 is 0. The summed E-state index contributed by atoms with van der Waals surface area (Å²) in [4.78, 5) is 28.0. The Labute approximate surface area is 116 Å². The number of ether oxygens (including phenoxy) is 2. The lowest BCUT2D eigenvalue weighted by atomic mass is 10.4. The molecule has 1 aliphatic rings. The molecule has 1 saturated heterocycles. The molecule has 7 nitrogen and oxygen atoms in total. The highest BCUT2D eigenvalue weighted by molar-refractivity contribution is 5.82. The summed E-state index contributed by atoms with van der Waals surface area (Å²) in [5, 5.41) is 2.73. The number of nitrogens with zero attached hydrogens (tertiary/aromatic N) is 2. The van der Waals surface area contributed by atoms with E-state index in [0.717, 1.165) is 0 Å². The molecule has 1 aromatic rings. The van der Waals surface area contributed by atoms with Gasteiger partial charge in [-0.25, -0.2) is 4.79 Å². The zero-order chi connectivity index (χ0) is 14.2. The van der Waals surface area contributed by atoms with E-state index in [1.54, 1.807) is 18.5 Å². The number of aromatic nitrogens is 1. The smallest absolute Gasteiger partial charge is 0.410 e. The second-order valence-electron chi connectivity index (χ2n) is 4.28. The zero-order valence-electron chi connectivity index (χ0n) is 11.1. The molecule has 1 aliphatic heterocycles. The predicted octanol–water partition coefficient (Wildman–Crippen LogP) is 0.419. The van der Waals surface area contributed by atoms with Crippen molar-refractivity contribution < 1.29 is 19.1 Å². The van der Waals surface area contributed by atoms with Crippen LogP contribution in [0.2, 0.25) is 0 Å². The van der Waals surface area contributed by atoms with Crippen molar-refractivity contribution in [2.45, 2.75) is 6.42 Å². The first-order valence-electron chi connectivity index (χ1n) is 6.47. The Morgan fingerprint density at radius 3 is 3.15 bits per heavy atom. The van der Waals surface area contributed by atoms with Crippen LogP contribution >= 0.6 is 0 Å². The van der Waals surface area contributed by atoms with Crippen LogP contribution in [0.15, 0.2) is 24.5 Å². The van der Waals surface area contributed by atoms with Crippen LogP contribution in [0, 0.1) is 0 Å². The molecule has 0 radical (unpaired) electrons.